The lowest BCUT2D eigenvalue weighted by Gasteiger charge is -2.60. The highest BCUT2D eigenvalue weighted by atomic mass is 16.7. The second-order valence-electron chi connectivity index (χ2n) is 11.2. The average molecular weight is 421 g/mol. The molecule has 1 saturated heterocycles. The lowest BCUT2D eigenvalue weighted by molar-refractivity contribution is -0.192. The molecule has 6 heteroatoms. The number of ether oxygens (including phenoxy) is 3. The molecule has 0 radical (unpaired) electrons. The molecule has 5 aliphatic rings. The number of esters is 1. The molecule has 5 rings (SSSR count). The molecule has 2 N–H and O–H groups in total. The third kappa shape index (κ3) is 3.01. The van der Waals surface area contributed by atoms with Gasteiger partial charge in [-0.05, 0) is 74.0 Å². The lowest BCUT2D eigenvalue weighted by atomic mass is 9.46. The maximum Gasteiger partial charge on any atom is 0.364 e. The van der Waals surface area contributed by atoms with Gasteiger partial charge in [-0.15, -0.1) is 0 Å². The van der Waals surface area contributed by atoms with Crippen LogP contribution in [0.3, 0.4) is 0 Å². The van der Waals surface area contributed by atoms with Gasteiger partial charge in [0.25, 0.3) is 6.29 Å². The number of aliphatic hydroxyl groups is 2. The highest BCUT2D eigenvalue weighted by molar-refractivity contribution is 5.74. The molecule has 0 spiro atoms. The van der Waals surface area contributed by atoms with Crippen molar-refractivity contribution in [2.45, 2.75) is 89.8 Å². The predicted octanol–water partition coefficient (Wildman–Crippen LogP) is 2.96. The molecule has 0 aromatic carbocycles. The van der Waals surface area contributed by atoms with Crippen molar-refractivity contribution in [3.8, 4) is 0 Å². The van der Waals surface area contributed by atoms with E-state index in [1.54, 1.807) is 0 Å². The first-order valence-corrected chi connectivity index (χ1v) is 11.7. The Balaban J connectivity index is 1.37. The second-order valence-corrected chi connectivity index (χ2v) is 11.2. The van der Waals surface area contributed by atoms with Crippen LogP contribution in [0.25, 0.3) is 0 Å². The van der Waals surface area contributed by atoms with Crippen molar-refractivity contribution in [2.24, 2.45) is 28.6 Å². The van der Waals surface area contributed by atoms with Crippen LogP contribution in [0.1, 0.15) is 65.7 Å². The fourth-order valence-electron chi connectivity index (χ4n) is 7.77. The normalized spacial score (nSPS) is 51.0. The van der Waals surface area contributed by atoms with Gasteiger partial charge in [-0.2, -0.15) is 0 Å². The van der Waals surface area contributed by atoms with Crippen molar-refractivity contribution in [3.05, 3.63) is 11.6 Å². The monoisotopic (exact) mass is 420 g/mol. The highest BCUT2D eigenvalue weighted by Gasteiger charge is 2.62. The molecule has 0 amide bonds. The van der Waals surface area contributed by atoms with Gasteiger partial charge in [0.2, 0.25) is 0 Å². The second kappa shape index (κ2) is 7.03. The molecule has 0 aromatic heterocycles. The number of hydrogen-bond donors (Lipinski definition) is 2. The Morgan fingerprint density at radius 2 is 1.87 bits per heavy atom. The quantitative estimate of drug-likeness (QED) is 0.528. The number of hydrogen-bond acceptors (Lipinski definition) is 6. The summed E-state index contributed by atoms with van der Waals surface area (Å²) in [5, 5.41) is 21.9. The van der Waals surface area contributed by atoms with Gasteiger partial charge in [-0.3, -0.25) is 0 Å². The van der Waals surface area contributed by atoms with E-state index >= 15 is 0 Å². The summed E-state index contributed by atoms with van der Waals surface area (Å²) in [7, 11) is 0. The minimum atomic E-state index is -0.897. The molecular formula is C24H36O6. The fraction of sp³-hybridized carbons (Fsp3) is 0.875. The minimum Gasteiger partial charge on any atom is -0.455 e. The topological polar surface area (TPSA) is 85.2 Å². The van der Waals surface area contributed by atoms with Gasteiger partial charge in [-0.1, -0.05) is 25.5 Å². The summed E-state index contributed by atoms with van der Waals surface area (Å²) in [6, 6.07) is 0. The summed E-state index contributed by atoms with van der Waals surface area (Å²) in [5.74, 6) is 0.666. The van der Waals surface area contributed by atoms with Crippen molar-refractivity contribution in [3.63, 3.8) is 0 Å². The standard InChI is InChI=1S/C24H36O6/c1-22(30-20(27)21-28-10-11-29-21)8-9-23(2)14(12-22)4-5-15-16-6-7-18(26)24(16,3)13-17(25)19(15)23/h4,15-19,21,25-26H,5-13H2,1-3H3/t15-,16-,17-,18+,19+,22?,23-,24-/m0/s1. The summed E-state index contributed by atoms with van der Waals surface area (Å²) in [6.07, 6.45) is 6.65. The van der Waals surface area contributed by atoms with Crippen LogP contribution in [-0.4, -0.2) is 53.5 Å². The van der Waals surface area contributed by atoms with Gasteiger partial charge in [0.05, 0.1) is 25.4 Å². The average Bonchev–Trinajstić information content (AvgIpc) is 3.31. The number of rotatable bonds is 2. The van der Waals surface area contributed by atoms with Crippen molar-refractivity contribution < 1.29 is 29.2 Å². The number of carbonyl (C=O) groups excluding carboxylic acids is 1. The van der Waals surface area contributed by atoms with Crippen LogP contribution >= 0.6 is 0 Å². The Kier molecular flexibility index (Phi) is 4.90. The Labute approximate surface area is 179 Å². The Morgan fingerprint density at radius 1 is 1.13 bits per heavy atom. The van der Waals surface area contributed by atoms with Gasteiger partial charge < -0.3 is 24.4 Å². The van der Waals surface area contributed by atoms with Crippen LogP contribution in [0.15, 0.2) is 11.6 Å². The van der Waals surface area contributed by atoms with Gasteiger partial charge in [0.15, 0.2) is 0 Å². The third-order valence-electron chi connectivity index (χ3n) is 9.41. The van der Waals surface area contributed by atoms with Gasteiger partial charge in [0.1, 0.15) is 5.60 Å². The molecule has 1 unspecified atom stereocenters. The molecule has 1 heterocycles. The molecule has 30 heavy (non-hydrogen) atoms. The van der Waals surface area contributed by atoms with E-state index in [0.717, 1.165) is 32.1 Å². The van der Waals surface area contributed by atoms with Crippen LogP contribution < -0.4 is 0 Å². The molecule has 1 aliphatic heterocycles. The fourth-order valence-corrected chi connectivity index (χ4v) is 7.77. The van der Waals surface area contributed by atoms with E-state index in [4.69, 9.17) is 14.2 Å². The minimum absolute atomic E-state index is 0.0799. The van der Waals surface area contributed by atoms with E-state index in [-0.39, 0.29) is 22.9 Å². The summed E-state index contributed by atoms with van der Waals surface area (Å²) in [5.41, 5.74) is 0.508. The van der Waals surface area contributed by atoms with Crippen LogP contribution in [0.5, 0.6) is 0 Å². The van der Waals surface area contributed by atoms with E-state index in [2.05, 4.69) is 19.9 Å². The number of aliphatic hydroxyl groups excluding tert-OH is 2. The molecule has 168 valence electrons. The molecule has 6 nitrogen and oxygen atoms in total. The van der Waals surface area contributed by atoms with Gasteiger partial charge in [0, 0.05) is 6.42 Å². The summed E-state index contributed by atoms with van der Waals surface area (Å²) < 4.78 is 16.5. The number of fused-ring (bicyclic) bond motifs is 5. The Bertz CT molecular complexity index is 744. The molecular weight excluding hydrogens is 384 g/mol. The van der Waals surface area contributed by atoms with Crippen LogP contribution in [0.2, 0.25) is 0 Å². The highest BCUT2D eigenvalue weighted by Crippen LogP contribution is 2.65. The number of carbonyl (C=O) groups is 1. The summed E-state index contributed by atoms with van der Waals surface area (Å²) >= 11 is 0. The zero-order valence-corrected chi connectivity index (χ0v) is 18.4. The van der Waals surface area contributed by atoms with Crippen molar-refractivity contribution in [1.29, 1.82) is 0 Å². The molecule has 0 bridgehead atoms. The van der Waals surface area contributed by atoms with E-state index < -0.39 is 24.0 Å². The number of allylic oxidation sites excluding steroid dienone is 1. The predicted molar refractivity (Wildman–Crippen MR) is 109 cm³/mol. The molecule has 4 aliphatic carbocycles. The lowest BCUT2D eigenvalue weighted by Crippen LogP contribution is -2.58. The van der Waals surface area contributed by atoms with E-state index in [9.17, 15) is 15.0 Å². The largest absolute Gasteiger partial charge is 0.455 e. The zero-order valence-electron chi connectivity index (χ0n) is 18.4. The Hall–Kier alpha value is -0.950. The zero-order chi connectivity index (χ0) is 21.3. The van der Waals surface area contributed by atoms with Crippen molar-refractivity contribution in [2.75, 3.05) is 13.2 Å². The van der Waals surface area contributed by atoms with Crippen LogP contribution in [-0.2, 0) is 19.0 Å². The van der Waals surface area contributed by atoms with Crippen LogP contribution in [0.4, 0.5) is 0 Å². The first kappa shape index (κ1) is 20.9. The maximum absolute atomic E-state index is 12.5. The smallest absolute Gasteiger partial charge is 0.364 e. The first-order valence-electron chi connectivity index (χ1n) is 11.7. The summed E-state index contributed by atoms with van der Waals surface area (Å²) in [6.45, 7) is 7.34. The van der Waals surface area contributed by atoms with Gasteiger partial charge >= 0.3 is 5.97 Å². The van der Waals surface area contributed by atoms with E-state index in [1.165, 1.54) is 5.57 Å². The van der Waals surface area contributed by atoms with E-state index in [0.29, 0.717) is 37.9 Å². The third-order valence-corrected chi connectivity index (χ3v) is 9.41. The van der Waals surface area contributed by atoms with Crippen LogP contribution in [0, 0.1) is 28.6 Å². The van der Waals surface area contributed by atoms with E-state index in [1.807, 2.05) is 6.92 Å². The molecule has 3 saturated carbocycles. The first-order chi connectivity index (χ1) is 14.2. The molecule has 4 fully saturated rings. The molecule has 8 atom stereocenters. The Morgan fingerprint density at radius 3 is 2.60 bits per heavy atom. The van der Waals surface area contributed by atoms with Gasteiger partial charge in [-0.25, -0.2) is 4.79 Å². The SMILES string of the molecule is CC1(OC(=O)C2OCCO2)CC[C@@]2(C)C(=CC[C@@H]3[C@@H]2[C@@H](O)C[C@]2(C)[C@H](O)CC[C@@H]32)C1. The van der Waals surface area contributed by atoms with Crippen molar-refractivity contribution in [1.82, 2.24) is 0 Å². The molecule has 0 aromatic rings. The van der Waals surface area contributed by atoms with Crippen molar-refractivity contribution >= 4 is 5.97 Å². The maximum atomic E-state index is 12.5. The summed E-state index contributed by atoms with van der Waals surface area (Å²) in [4.78, 5) is 12.5.